The van der Waals surface area contributed by atoms with Crippen molar-refractivity contribution in [2.24, 2.45) is 5.73 Å². The number of carbonyl (C=O) groups excluding carboxylic acids is 1. The molecule has 6 heteroatoms. The number of carbonyl (C=O) groups is 2. The Hall–Kier alpha value is -2.01. The molecule has 0 bridgehead atoms. The second-order valence-corrected chi connectivity index (χ2v) is 4.03. The van der Waals surface area contributed by atoms with Gasteiger partial charge in [-0.1, -0.05) is 11.6 Å². The van der Waals surface area contributed by atoms with Gasteiger partial charge in [-0.2, -0.15) is 0 Å². The number of carboxylic acids is 1. The van der Waals surface area contributed by atoms with Crippen molar-refractivity contribution in [3.63, 3.8) is 0 Å². The largest absolute Gasteiger partial charge is 0.480 e. The van der Waals surface area contributed by atoms with Gasteiger partial charge in [-0.15, -0.1) is 0 Å². The van der Waals surface area contributed by atoms with E-state index in [1.54, 1.807) is 18.2 Å². The molecule has 1 aromatic carbocycles. The zero-order valence-corrected chi connectivity index (χ0v) is 9.44. The number of primary amides is 1. The molecule has 0 radical (unpaired) electrons. The number of aliphatic carboxylic acids is 1. The molecule has 0 fully saturated rings. The Kier molecular flexibility index (Phi) is 2.77. The van der Waals surface area contributed by atoms with Crippen molar-refractivity contribution in [2.75, 3.05) is 0 Å². The molecular weight excluding hydrogens is 244 g/mol. The lowest BCUT2D eigenvalue weighted by molar-refractivity contribution is -0.137. The van der Waals surface area contributed by atoms with Crippen LogP contribution in [0.4, 0.5) is 0 Å². The number of hydrogen-bond donors (Lipinski definition) is 2. The molecule has 0 aliphatic rings. The lowest BCUT2D eigenvalue weighted by Gasteiger charge is -2.00. The van der Waals surface area contributed by atoms with Crippen molar-refractivity contribution >= 4 is 34.4 Å². The van der Waals surface area contributed by atoms with Crippen molar-refractivity contribution in [1.29, 1.82) is 0 Å². The highest BCUT2D eigenvalue weighted by Gasteiger charge is 2.14. The van der Waals surface area contributed by atoms with Gasteiger partial charge in [0.05, 0.1) is 5.56 Å². The van der Waals surface area contributed by atoms with Crippen LogP contribution in [0.15, 0.2) is 24.4 Å². The Morgan fingerprint density at radius 2 is 2.12 bits per heavy atom. The molecule has 5 nitrogen and oxygen atoms in total. The lowest BCUT2D eigenvalue weighted by atomic mass is 10.2. The zero-order valence-electron chi connectivity index (χ0n) is 8.68. The predicted octanol–water partition coefficient (Wildman–Crippen LogP) is 1.48. The van der Waals surface area contributed by atoms with Crippen molar-refractivity contribution in [3.05, 3.63) is 35.0 Å². The quantitative estimate of drug-likeness (QED) is 0.868. The summed E-state index contributed by atoms with van der Waals surface area (Å²) in [5.41, 5.74) is 6.11. The fraction of sp³-hybridized carbons (Fsp3) is 0.0909. The fourth-order valence-electron chi connectivity index (χ4n) is 1.74. The van der Waals surface area contributed by atoms with Crippen LogP contribution < -0.4 is 5.73 Å². The van der Waals surface area contributed by atoms with Crippen LogP contribution in [0.25, 0.3) is 10.9 Å². The average Bonchev–Trinajstić information content (AvgIpc) is 2.55. The Bertz CT molecular complexity index is 618. The van der Waals surface area contributed by atoms with Crippen LogP contribution in [-0.4, -0.2) is 21.6 Å². The first-order valence-electron chi connectivity index (χ1n) is 4.79. The van der Waals surface area contributed by atoms with Gasteiger partial charge < -0.3 is 15.4 Å². The maximum atomic E-state index is 11.2. The number of benzene rings is 1. The highest BCUT2D eigenvalue weighted by Crippen LogP contribution is 2.24. The molecule has 3 N–H and O–H groups in total. The smallest absolute Gasteiger partial charge is 0.323 e. The van der Waals surface area contributed by atoms with E-state index in [4.69, 9.17) is 22.4 Å². The summed E-state index contributed by atoms with van der Waals surface area (Å²) in [5.74, 6) is -1.60. The van der Waals surface area contributed by atoms with Crippen molar-refractivity contribution in [2.45, 2.75) is 6.54 Å². The minimum absolute atomic E-state index is 0.231. The summed E-state index contributed by atoms with van der Waals surface area (Å²) in [6, 6.07) is 4.88. The highest BCUT2D eigenvalue weighted by atomic mass is 35.5. The first-order valence-corrected chi connectivity index (χ1v) is 5.17. The number of hydrogen-bond acceptors (Lipinski definition) is 2. The number of fused-ring (bicyclic) bond motifs is 1. The summed E-state index contributed by atoms with van der Waals surface area (Å²) in [7, 11) is 0. The number of carboxylic acid groups (broad SMARTS) is 1. The standard InChI is InChI=1S/C11H9ClN2O3/c12-6-1-2-9-7(3-6)8(11(13)17)4-14(9)5-10(15)16/h1-4H,5H2,(H2,13,17)(H,15,16). The molecule has 1 amide bonds. The van der Waals surface area contributed by atoms with E-state index < -0.39 is 11.9 Å². The van der Waals surface area contributed by atoms with Crippen molar-refractivity contribution in [3.8, 4) is 0 Å². The summed E-state index contributed by atoms with van der Waals surface area (Å²) >= 11 is 5.83. The van der Waals surface area contributed by atoms with E-state index in [-0.39, 0.29) is 12.1 Å². The first-order chi connectivity index (χ1) is 7.99. The molecule has 0 unspecified atom stereocenters. The Labute approximate surface area is 101 Å². The van der Waals surface area contributed by atoms with Gasteiger partial charge in [-0.25, -0.2) is 0 Å². The minimum Gasteiger partial charge on any atom is -0.480 e. The molecule has 1 heterocycles. The van der Waals surface area contributed by atoms with Crippen LogP contribution >= 0.6 is 11.6 Å². The summed E-state index contributed by atoms with van der Waals surface area (Å²) in [6.07, 6.45) is 1.43. The molecule has 17 heavy (non-hydrogen) atoms. The number of rotatable bonds is 3. The zero-order chi connectivity index (χ0) is 12.6. The van der Waals surface area contributed by atoms with E-state index >= 15 is 0 Å². The summed E-state index contributed by atoms with van der Waals surface area (Å²) in [5, 5.41) is 9.79. The predicted molar refractivity (Wildman–Crippen MR) is 63.1 cm³/mol. The number of halogens is 1. The molecule has 2 rings (SSSR count). The van der Waals surface area contributed by atoms with Crippen LogP contribution in [0.5, 0.6) is 0 Å². The Morgan fingerprint density at radius 1 is 1.41 bits per heavy atom. The monoisotopic (exact) mass is 252 g/mol. The number of aromatic nitrogens is 1. The first kappa shape index (κ1) is 11.5. The fourth-order valence-corrected chi connectivity index (χ4v) is 1.91. The minimum atomic E-state index is -0.993. The highest BCUT2D eigenvalue weighted by molar-refractivity contribution is 6.31. The molecule has 0 atom stereocenters. The van der Waals surface area contributed by atoms with Crippen molar-refractivity contribution < 1.29 is 14.7 Å². The molecule has 0 saturated carbocycles. The van der Waals surface area contributed by atoms with Gasteiger partial charge in [0.25, 0.3) is 5.91 Å². The summed E-state index contributed by atoms with van der Waals surface area (Å²) < 4.78 is 1.45. The SMILES string of the molecule is NC(=O)c1cn(CC(=O)O)c2ccc(Cl)cc12. The normalized spacial score (nSPS) is 10.6. The van der Waals surface area contributed by atoms with Crippen LogP contribution in [0.3, 0.4) is 0 Å². The van der Waals surface area contributed by atoms with Crippen molar-refractivity contribution in [1.82, 2.24) is 4.57 Å². The molecule has 2 aromatic rings. The van der Waals surface area contributed by atoms with Crippen LogP contribution in [0.1, 0.15) is 10.4 Å². The molecule has 1 aromatic heterocycles. The maximum Gasteiger partial charge on any atom is 0.323 e. The molecule has 88 valence electrons. The summed E-state index contributed by atoms with van der Waals surface area (Å²) in [4.78, 5) is 21.9. The molecule has 0 saturated heterocycles. The van der Waals surface area contributed by atoms with E-state index in [2.05, 4.69) is 0 Å². The van der Waals surface area contributed by atoms with E-state index in [9.17, 15) is 9.59 Å². The van der Waals surface area contributed by atoms with Crippen LogP contribution in [-0.2, 0) is 11.3 Å². The molecule has 0 spiro atoms. The van der Waals surface area contributed by atoms with E-state index in [1.165, 1.54) is 10.8 Å². The van der Waals surface area contributed by atoms with Gasteiger partial charge in [0.15, 0.2) is 0 Å². The number of nitrogens with two attached hydrogens (primary N) is 1. The number of nitrogens with zero attached hydrogens (tertiary/aromatic N) is 1. The second-order valence-electron chi connectivity index (χ2n) is 3.59. The molecular formula is C11H9ClN2O3. The second kappa shape index (κ2) is 4.10. The third-order valence-corrected chi connectivity index (χ3v) is 2.65. The number of amides is 1. The van der Waals surface area contributed by atoms with E-state index in [1.807, 2.05) is 0 Å². The molecule has 0 aliphatic heterocycles. The Morgan fingerprint density at radius 3 is 2.71 bits per heavy atom. The summed E-state index contributed by atoms with van der Waals surface area (Å²) in [6.45, 7) is -0.231. The third kappa shape index (κ3) is 2.09. The third-order valence-electron chi connectivity index (χ3n) is 2.41. The van der Waals surface area contributed by atoms with Gasteiger partial charge in [0, 0.05) is 22.1 Å². The van der Waals surface area contributed by atoms with Gasteiger partial charge in [-0.05, 0) is 18.2 Å². The van der Waals surface area contributed by atoms with Gasteiger partial charge in [-0.3, -0.25) is 9.59 Å². The van der Waals surface area contributed by atoms with E-state index in [0.29, 0.717) is 15.9 Å². The van der Waals surface area contributed by atoms with Crippen LogP contribution in [0.2, 0.25) is 5.02 Å². The van der Waals surface area contributed by atoms with Gasteiger partial charge in [0.1, 0.15) is 6.54 Å². The topological polar surface area (TPSA) is 85.3 Å². The van der Waals surface area contributed by atoms with E-state index in [0.717, 1.165) is 0 Å². The Balaban J connectivity index is 2.70. The van der Waals surface area contributed by atoms with Crippen LogP contribution in [0, 0.1) is 0 Å². The lowest BCUT2D eigenvalue weighted by Crippen LogP contribution is -2.11. The molecule has 0 aliphatic carbocycles. The van der Waals surface area contributed by atoms with Gasteiger partial charge in [0.2, 0.25) is 0 Å². The maximum absolute atomic E-state index is 11.2. The van der Waals surface area contributed by atoms with Gasteiger partial charge >= 0.3 is 5.97 Å². The average molecular weight is 253 g/mol.